The van der Waals surface area contributed by atoms with Gasteiger partial charge in [-0.2, -0.15) is 0 Å². The molecule has 1 aromatic rings. The van der Waals surface area contributed by atoms with Gasteiger partial charge in [0, 0.05) is 47.3 Å². The minimum absolute atomic E-state index is 0.00636. The van der Waals surface area contributed by atoms with E-state index in [1.54, 1.807) is 0 Å². The molecule has 2 heterocycles. The van der Waals surface area contributed by atoms with Crippen LogP contribution in [0, 0.1) is 0 Å². The summed E-state index contributed by atoms with van der Waals surface area (Å²) >= 11 is 0. The Hall–Kier alpha value is -1.92. The molecule has 2 saturated heterocycles. The van der Waals surface area contributed by atoms with E-state index in [-0.39, 0.29) is 34.2 Å². The first kappa shape index (κ1) is 26.7. The van der Waals surface area contributed by atoms with E-state index in [4.69, 9.17) is 0 Å². The van der Waals surface area contributed by atoms with Crippen molar-refractivity contribution in [2.75, 3.05) is 0 Å². The van der Waals surface area contributed by atoms with Crippen molar-refractivity contribution in [3.8, 4) is 0 Å². The number of nitrogens with one attached hydrogen (secondary N) is 2. The van der Waals surface area contributed by atoms with Gasteiger partial charge in [-0.3, -0.25) is 9.59 Å². The Bertz CT molecular complexity index is 757. The van der Waals surface area contributed by atoms with Crippen LogP contribution in [0.4, 0.5) is 0 Å². The van der Waals surface area contributed by atoms with Gasteiger partial charge in [0.05, 0.1) is 0 Å². The Labute approximate surface area is 206 Å². The molecule has 6 nitrogen and oxygen atoms in total. The van der Waals surface area contributed by atoms with Gasteiger partial charge >= 0.3 is 0 Å². The maximum absolute atomic E-state index is 12.0. The van der Waals surface area contributed by atoms with Crippen molar-refractivity contribution in [1.29, 1.82) is 0 Å². The Balaban J connectivity index is 1.66. The Kier molecular flexibility index (Phi) is 7.55. The highest BCUT2D eigenvalue weighted by Gasteiger charge is 2.41. The number of nitrogens with zero attached hydrogens (tertiary/aromatic N) is 2. The Morgan fingerprint density at radius 2 is 0.912 bits per heavy atom. The molecular formula is C28H46N4O2. The van der Waals surface area contributed by atoms with Crippen LogP contribution < -0.4 is 10.6 Å². The van der Waals surface area contributed by atoms with E-state index in [2.05, 4.69) is 90.3 Å². The first-order valence-electron chi connectivity index (χ1n) is 12.7. The van der Waals surface area contributed by atoms with E-state index in [9.17, 15) is 9.59 Å². The predicted molar refractivity (Wildman–Crippen MR) is 138 cm³/mol. The summed E-state index contributed by atoms with van der Waals surface area (Å²) in [5, 5.41) is 7.39. The SMILES string of the molecule is CC1(C)CC(N(C=O)Cc2ccc(CN(C=O)C3CC(C)(C)NC(C)(C)C3)cc2)CC(C)(C)N1. The predicted octanol–water partition coefficient (Wildman–Crippen LogP) is 4.22. The third kappa shape index (κ3) is 7.05. The van der Waals surface area contributed by atoms with Crippen molar-refractivity contribution in [3.63, 3.8) is 0 Å². The van der Waals surface area contributed by atoms with Crippen LogP contribution in [0.1, 0.15) is 92.2 Å². The van der Waals surface area contributed by atoms with Crippen LogP contribution >= 0.6 is 0 Å². The van der Waals surface area contributed by atoms with Crippen molar-refractivity contribution in [3.05, 3.63) is 35.4 Å². The van der Waals surface area contributed by atoms with E-state index in [0.29, 0.717) is 13.1 Å². The molecule has 2 N–H and O–H groups in total. The fraction of sp³-hybridized carbons (Fsp3) is 0.714. The largest absolute Gasteiger partial charge is 0.338 e. The van der Waals surface area contributed by atoms with Crippen LogP contribution in [0.25, 0.3) is 0 Å². The maximum Gasteiger partial charge on any atom is 0.210 e. The van der Waals surface area contributed by atoms with E-state index in [1.807, 2.05) is 9.80 Å². The normalized spacial score (nSPS) is 23.8. The minimum Gasteiger partial charge on any atom is -0.338 e. The van der Waals surface area contributed by atoms with Crippen LogP contribution in [-0.2, 0) is 22.7 Å². The average molecular weight is 471 g/mol. The van der Waals surface area contributed by atoms with Crippen molar-refractivity contribution in [1.82, 2.24) is 20.4 Å². The summed E-state index contributed by atoms with van der Waals surface area (Å²) in [6, 6.07) is 8.82. The van der Waals surface area contributed by atoms with Crippen LogP contribution in [-0.4, -0.2) is 56.9 Å². The van der Waals surface area contributed by atoms with Gasteiger partial charge in [-0.25, -0.2) is 0 Å². The van der Waals surface area contributed by atoms with Gasteiger partial charge in [0.1, 0.15) is 0 Å². The summed E-state index contributed by atoms with van der Waals surface area (Å²) in [6.07, 6.45) is 5.75. The molecule has 6 heteroatoms. The molecule has 2 aliphatic rings. The van der Waals surface area contributed by atoms with Gasteiger partial charge in [-0.1, -0.05) is 24.3 Å². The summed E-state index contributed by atoms with van der Waals surface area (Å²) in [4.78, 5) is 27.9. The molecule has 0 spiro atoms. The molecule has 0 aromatic heterocycles. The molecule has 0 unspecified atom stereocenters. The van der Waals surface area contributed by atoms with E-state index < -0.39 is 0 Å². The lowest BCUT2D eigenvalue weighted by Gasteiger charge is -2.49. The summed E-state index contributed by atoms with van der Waals surface area (Å²) in [5.41, 5.74) is 2.21. The molecule has 0 radical (unpaired) electrons. The number of rotatable bonds is 8. The molecule has 190 valence electrons. The number of piperidine rings is 2. The van der Waals surface area contributed by atoms with Crippen molar-refractivity contribution in [2.24, 2.45) is 0 Å². The third-order valence-electron chi connectivity index (χ3n) is 7.30. The molecule has 2 fully saturated rings. The molecular weight excluding hydrogens is 424 g/mol. The van der Waals surface area contributed by atoms with Gasteiger partial charge in [0.25, 0.3) is 0 Å². The summed E-state index contributed by atoms with van der Waals surface area (Å²) in [6.45, 7) is 18.9. The quantitative estimate of drug-likeness (QED) is 0.559. The first-order chi connectivity index (χ1) is 15.6. The molecule has 2 aliphatic heterocycles. The van der Waals surface area contributed by atoms with Gasteiger partial charge in [-0.15, -0.1) is 0 Å². The van der Waals surface area contributed by atoms with E-state index in [0.717, 1.165) is 49.6 Å². The lowest BCUT2D eigenvalue weighted by atomic mass is 9.79. The van der Waals surface area contributed by atoms with Crippen molar-refractivity contribution < 1.29 is 9.59 Å². The Morgan fingerprint density at radius 3 is 1.15 bits per heavy atom. The molecule has 0 saturated carbocycles. The molecule has 3 rings (SSSR count). The Morgan fingerprint density at radius 1 is 0.647 bits per heavy atom. The zero-order valence-corrected chi connectivity index (χ0v) is 22.6. The fourth-order valence-electron chi connectivity index (χ4n) is 6.68. The van der Waals surface area contributed by atoms with Crippen LogP contribution in [0.15, 0.2) is 24.3 Å². The van der Waals surface area contributed by atoms with Crippen molar-refractivity contribution in [2.45, 2.75) is 128 Å². The van der Waals surface area contributed by atoms with E-state index in [1.165, 1.54) is 0 Å². The highest BCUT2D eigenvalue weighted by molar-refractivity contribution is 5.49. The highest BCUT2D eigenvalue weighted by atomic mass is 16.1. The maximum atomic E-state index is 12.0. The number of carbonyl (C=O) groups excluding carboxylic acids is 2. The van der Waals surface area contributed by atoms with Gasteiger partial charge < -0.3 is 20.4 Å². The number of benzene rings is 1. The third-order valence-corrected chi connectivity index (χ3v) is 7.30. The van der Waals surface area contributed by atoms with Crippen molar-refractivity contribution >= 4 is 12.8 Å². The second-order valence-electron chi connectivity index (χ2n) is 13.3. The zero-order chi connectivity index (χ0) is 25.4. The minimum atomic E-state index is -0.00636. The molecule has 0 atom stereocenters. The van der Waals surface area contributed by atoms with E-state index >= 15 is 0 Å². The molecule has 2 amide bonds. The second kappa shape index (κ2) is 9.62. The standard InChI is InChI=1S/C28H46N4O2/c1-25(2)13-23(14-26(3,4)29-25)31(19-33)17-21-9-11-22(12-10-21)18-32(20-34)24-15-27(5,6)30-28(7,8)16-24/h9-12,19-20,23-24,29-30H,13-18H2,1-8H3. The van der Waals surface area contributed by atoms with Gasteiger partial charge in [0.2, 0.25) is 12.8 Å². The van der Waals surface area contributed by atoms with Crippen LogP contribution in [0.3, 0.4) is 0 Å². The number of hydrogen-bond donors (Lipinski definition) is 2. The topological polar surface area (TPSA) is 64.7 Å². The lowest BCUT2D eigenvalue weighted by molar-refractivity contribution is -0.123. The highest BCUT2D eigenvalue weighted by Crippen LogP contribution is 2.33. The van der Waals surface area contributed by atoms with Crippen LogP contribution in [0.2, 0.25) is 0 Å². The number of amides is 2. The summed E-state index contributed by atoms with van der Waals surface area (Å²) < 4.78 is 0. The smallest absolute Gasteiger partial charge is 0.210 e. The fourth-order valence-corrected chi connectivity index (χ4v) is 6.68. The van der Waals surface area contributed by atoms with Gasteiger partial charge in [-0.05, 0) is 92.2 Å². The average Bonchev–Trinajstić information content (AvgIpc) is 2.66. The monoisotopic (exact) mass is 470 g/mol. The molecule has 1 aromatic carbocycles. The number of carbonyl (C=O) groups is 2. The number of hydrogen-bond acceptors (Lipinski definition) is 4. The van der Waals surface area contributed by atoms with Gasteiger partial charge in [0.15, 0.2) is 0 Å². The lowest BCUT2D eigenvalue weighted by Crippen LogP contribution is -2.62. The molecule has 34 heavy (non-hydrogen) atoms. The van der Waals surface area contributed by atoms with Crippen LogP contribution in [0.5, 0.6) is 0 Å². The summed E-state index contributed by atoms with van der Waals surface area (Å²) in [5.74, 6) is 0. The zero-order valence-electron chi connectivity index (χ0n) is 22.6. The first-order valence-corrected chi connectivity index (χ1v) is 12.7. The molecule has 0 bridgehead atoms. The molecule has 0 aliphatic carbocycles. The second-order valence-corrected chi connectivity index (χ2v) is 13.3. The summed E-state index contributed by atoms with van der Waals surface area (Å²) in [7, 11) is 0.